The molecular weight excluding hydrogens is 436 g/mol. The van der Waals surface area contributed by atoms with Crippen LogP contribution in [0.4, 0.5) is 5.69 Å². The van der Waals surface area contributed by atoms with Crippen LogP contribution in [0.15, 0.2) is 53.7 Å². The predicted molar refractivity (Wildman–Crippen MR) is 122 cm³/mol. The predicted octanol–water partition coefficient (Wildman–Crippen LogP) is 3.33. The number of thiocarbonyl (C=S) groups is 1. The molecule has 1 aromatic carbocycles. The lowest BCUT2D eigenvalue weighted by Gasteiger charge is -2.47. The number of hydrogen-bond donors (Lipinski definition) is 2. The molecule has 166 valence electrons. The third-order valence-electron chi connectivity index (χ3n) is 6.08. The summed E-state index contributed by atoms with van der Waals surface area (Å²) in [4.78, 5) is 15.2. The van der Waals surface area contributed by atoms with E-state index in [0.717, 1.165) is 31.2 Å². The van der Waals surface area contributed by atoms with Crippen LogP contribution in [0.1, 0.15) is 38.2 Å². The van der Waals surface area contributed by atoms with Crippen molar-refractivity contribution in [2.24, 2.45) is 5.92 Å². The normalized spacial score (nSPS) is 22.5. The van der Waals surface area contributed by atoms with Crippen LogP contribution in [0, 0.1) is 16.0 Å². The molecule has 0 amide bonds. The first kappa shape index (κ1) is 23.2. The Morgan fingerprint density at radius 1 is 1.29 bits per heavy atom. The lowest BCUT2D eigenvalue weighted by atomic mass is 9.60. The molecule has 1 aliphatic carbocycles. The molecule has 0 aliphatic heterocycles. The van der Waals surface area contributed by atoms with Gasteiger partial charge in [0.05, 0.1) is 20.2 Å². The molecular formula is C21H26N4O4S2. The van der Waals surface area contributed by atoms with Crippen LogP contribution in [0.2, 0.25) is 0 Å². The van der Waals surface area contributed by atoms with E-state index in [1.165, 1.54) is 24.3 Å². The third-order valence-corrected chi connectivity index (χ3v) is 8.22. The van der Waals surface area contributed by atoms with Crippen LogP contribution in [-0.2, 0) is 15.4 Å². The second kappa shape index (κ2) is 9.37. The molecule has 10 heteroatoms. The van der Waals surface area contributed by atoms with E-state index in [2.05, 4.69) is 15.0 Å². The van der Waals surface area contributed by atoms with Gasteiger partial charge >= 0.3 is 0 Å². The van der Waals surface area contributed by atoms with Crippen molar-refractivity contribution >= 4 is 32.9 Å². The van der Waals surface area contributed by atoms with E-state index < -0.39 is 26.4 Å². The van der Waals surface area contributed by atoms with Gasteiger partial charge in [-0.15, -0.1) is 0 Å². The minimum absolute atomic E-state index is 0.0102. The molecule has 2 N–H and O–H groups in total. The van der Waals surface area contributed by atoms with E-state index in [1.807, 2.05) is 19.1 Å². The number of benzene rings is 1. The highest BCUT2D eigenvalue weighted by molar-refractivity contribution is 7.89. The fourth-order valence-electron chi connectivity index (χ4n) is 4.64. The van der Waals surface area contributed by atoms with E-state index in [9.17, 15) is 18.5 Å². The monoisotopic (exact) mass is 462 g/mol. The first-order valence-electron chi connectivity index (χ1n) is 10.1. The van der Waals surface area contributed by atoms with Crippen LogP contribution in [0.3, 0.4) is 0 Å². The van der Waals surface area contributed by atoms with Crippen molar-refractivity contribution < 1.29 is 13.3 Å². The van der Waals surface area contributed by atoms with E-state index in [-0.39, 0.29) is 16.5 Å². The Bertz CT molecular complexity index is 1040. The average Bonchev–Trinajstić information content (AvgIpc) is 2.78. The summed E-state index contributed by atoms with van der Waals surface area (Å²) < 4.78 is 28.8. The number of non-ortho nitro benzene ring substituents is 1. The Hall–Kier alpha value is -2.43. The summed E-state index contributed by atoms with van der Waals surface area (Å²) >= 11 is 5.76. The molecule has 1 unspecified atom stereocenters. The summed E-state index contributed by atoms with van der Waals surface area (Å²) in [7, 11) is -2.08. The molecule has 3 atom stereocenters. The van der Waals surface area contributed by atoms with Gasteiger partial charge in [-0.2, -0.15) is 0 Å². The number of nitrogens with zero attached hydrogens (tertiary/aromatic N) is 2. The molecule has 0 spiro atoms. The molecule has 8 nitrogen and oxygen atoms in total. The highest BCUT2D eigenvalue weighted by Crippen LogP contribution is 2.46. The lowest BCUT2D eigenvalue weighted by Crippen LogP contribution is -2.55. The highest BCUT2D eigenvalue weighted by atomic mass is 32.2. The minimum Gasteiger partial charge on any atom is -0.382 e. The number of nitro groups is 1. The maximum absolute atomic E-state index is 13.0. The second-order valence-corrected chi connectivity index (χ2v) is 9.93. The van der Waals surface area contributed by atoms with Crippen LogP contribution >= 0.6 is 12.2 Å². The van der Waals surface area contributed by atoms with Gasteiger partial charge in [0.1, 0.15) is 0 Å². The third kappa shape index (κ3) is 4.60. The van der Waals surface area contributed by atoms with Gasteiger partial charge in [0.25, 0.3) is 5.69 Å². The SMILES string of the molecule is CNC(=S)[C@@]1(c2cccnc2)CCCC[C@@H]1C(C)NS(=O)(=O)c1ccc([N+](=O)[O-])cc1. The summed E-state index contributed by atoms with van der Waals surface area (Å²) in [6, 6.07) is 8.32. The smallest absolute Gasteiger partial charge is 0.269 e. The number of rotatable bonds is 7. The van der Waals surface area contributed by atoms with Gasteiger partial charge in [-0.1, -0.05) is 31.1 Å². The molecule has 3 rings (SSSR count). The largest absolute Gasteiger partial charge is 0.382 e. The molecule has 0 radical (unpaired) electrons. The zero-order valence-corrected chi connectivity index (χ0v) is 19.1. The molecule has 1 fully saturated rings. The molecule has 0 bridgehead atoms. The Morgan fingerprint density at radius 2 is 2.00 bits per heavy atom. The maximum Gasteiger partial charge on any atom is 0.269 e. The van der Waals surface area contributed by atoms with E-state index in [4.69, 9.17) is 12.2 Å². The summed E-state index contributed by atoms with van der Waals surface area (Å²) in [5, 5.41) is 14.0. The molecule has 31 heavy (non-hydrogen) atoms. The van der Waals surface area contributed by atoms with E-state index in [0.29, 0.717) is 4.99 Å². The quantitative estimate of drug-likeness (QED) is 0.368. The number of nitro benzene ring substituents is 1. The second-order valence-electron chi connectivity index (χ2n) is 7.81. The van der Waals surface area contributed by atoms with Crippen LogP contribution in [0.25, 0.3) is 0 Å². The van der Waals surface area contributed by atoms with Crippen molar-refractivity contribution in [3.05, 3.63) is 64.5 Å². The van der Waals surface area contributed by atoms with Crippen LogP contribution < -0.4 is 10.0 Å². The Kier molecular flexibility index (Phi) is 7.03. The van der Waals surface area contributed by atoms with Crippen molar-refractivity contribution in [2.75, 3.05) is 7.05 Å². The fourth-order valence-corrected chi connectivity index (χ4v) is 6.30. The van der Waals surface area contributed by atoms with Crippen molar-refractivity contribution in [3.8, 4) is 0 Å². The number of nitrogens with one attached hydrogen (secondary N) is 2. The minimum atomic E-state index is -3.87. The maximum atomic E-state index is 13.0. The van der Waals surface area contributed by atoms with Crippen molar-refractivity contribution in [2.45, 2.75) is 49.0 Å². The summed E-state index contributed by atoms with van der Waals surface area (Å²) in [6.07, 6.45) is 7.07. The van der Waals surface area contributed by atoms with Gasteiger partial charge in [0.2, 0.25) is 10.0 Å². The van der Waals surface area contributed by atoms with Crippen LogP contribution in [-0.4, -0.2) is 36.4 Å². The fraction of sp³-hybridized carbons (Fsp3) is 0.429. The van der Waals surface area contributed by atoms with E-state index in [1.54, 1.807) is 19.4 Å². The molecule has 1 aromatic heterocycles. The van der Waals surface area contributed by atoms with Gasteiger partial charge in [0, 0.05) is 37.6 Å². The van der Waals surface area contributed by atoms with Crippen molar-refractivity contribution in [3.63, 3.8) is 0 Å². The topological polar surface area (TPSA) is 114 Å². The number of likely N-dealkylation sites (N-methyl/N-ethyl adjacent to an activating group) is 1. The Morgan fingerprint density at radius 3 is 2.58 bits per heavy atom. The number of sulfonamides is 1. The first-order valence-corrected chi connectivity index (χ1v) is 12.0. The standard InChI is InChI=1S/C21H26N4O4S2/c1-15(24-31(28,29)18-10-8-17(9-11-18)25(26)27)19-7-3-4-12-21(19,20(30)22-2)16-6-5-13-23-14-16/h5-6,8-11,13-15,19,24H,3-4,7,12H2,1-2H3,(H,22,30)/t15?,19-,21-/m1/s1. The first-order chi connectivity index (χ1) is 14.7. The lowest BCUT2D eigenvalue weighted by molar-refractivity contribution is -0.384. The number of hydrogen-bond acceptors (Lipinski definition) is 6. The van der Waals surface area contributed by atoms with Gasteiger partial charge in [-0.25, -0.2) is 13.1 Å². The Labute approximate surface area is 187 Å². The van der Waals surface area contributed by atoms with Gasteiger partial charge in [0.15, 0.2) is 0 Å². The molecule has 1 heterocycles. The zero-order valence-electron chi connectivity index (χ0n) is 17.4. The van der Waals surface area contributed by atoms with E-state index >= 15 is 0 Å². The molecule has 1 saturated carbocycles. The zero-order chi connectivity index (χ0) is 22.6. The summed E-state index contributed by atoms with van der Waals surface area (Å²) in [5.41, 5.74) is 0.281. The highest BCUT2D eigenvalue weighted by Gasteiger charge is 2.48. The van der Waals surface area contributed by atoms with Crippen molar-refractivity contribution in [1.29, 1.82) is 0 Å². The molecule has 1 aliphatic rings. The average molecular weight is 463 g/mol. The number of aromatic nitrogens is 1. The van der Waals surface area contributed by atoms with Crippen LogP contribution in [0.5, 0.6) is 0 Å². The summed E-state index contributed by atoms with van der Waals surface area (Å²) in [5.74, 6) is -0.0850. The van der Waals surface area contributed by atoms with Gasteiger partial charge in [-0.05, 0) is 49.4 Å². The summed E-state index contributed by atoms with van der Waals surface area (Å²) in [6.45, 7) is 1.85. The van der Waals surface area contributed by atoms with Crippen molar-refractivity contribution in [1.82, 2.24) is 15.0 Å². The van der Waals surface area contributed by atoms with Gasteiger partial charge in [-0.3, -0.25) is 15.1 Å². The Balaban J connectivity index is 1.94. The molecule has 0 saturated heterocycles. The van der Waals surface area contributed by atoms with Gasteiger partial charge < -0.3 is 5.32 Å². The number of pyridine rings is 1. The molecule has 2 aromatic rings.